The number of carboxylic acid groups (broad SMARTS) is 1. The van der Waals surface area contributed by atoms with E-state index in [1.54, 1.807) is 18.2 Å². The fourth-order valence-corrected chi connectivity index (χ4v) is 2.95. The summed E-state index contributed by atoms with van der Waals surface area (Å²) in [6.45, 7) is 4.06. The molecule has 0 spiro atoms. The van der Waals surface area contributed by atoms with E-state index in [0.717, 1.165) is 22.3 Å². The fourth-order valence-electron chi connectivity index (χ4n) is 2.95. The zero-order valence-corrected chi connectivity index (χ0v) is 14.0. The number of rotatable bonds is 4. The molecule has 0 saturated heterocycles. The van der Waals surface area contributed by atoms with Crippen molar-refractivity contribution < 1.29 is 14.3 Å². The fraction of sp³-hybridized carbons (Fsp3) is 0.0952. The number of carbonyl (C=O) groups is 1. The Labute approximate surface area is 145 Å². The third-order valence-corrected chi connectivity index (χ3v) is 4.14. The standard InChI is InChI=1S/C21H18FNO2/c1-13-4-3-5-14(2)20(13)15-6-11-18(21(24)25)19(12-15)23-17-9-7-16(22)8-10-17/h3-12,23H,1-2H3,(H,24,25). The first-order chi connectivity index (χ1) is 12.0. The Balaban J connectivity index is 2.09. The van der Waals surface area contributed by atoms with Gasteiger partial charge >= 0.3 is 5.97 Å². The Morgan fingerprint density at radius 2 is 1.60 bits per heavy atom. The lowest BCUT2D eigenvalue weighted by atomic mass is 9.94. The Morgan fingerprint density at radius 3 is 2.20 bits per heavy atom. The van der Waals surface area contributed by atoms with Crippen molar-refractivity contribution in [3.8, 4) is 11.1 Å². The molecular weight excluding hydrogens is 317 g/mol. The number of anilines is 2. The van der Waals surface area contributed by atoms with Gasteiger partial charge in [-0.25, -0.2) is 9.18 Å². The molecule has 0 aromatic heterocycles. The summed E-state index contributed by atoms with van der Waals surface area (Å²) >= 11 is 0. The van der Waals surface area contributed by atoms with E-state index < -0.39 is 5.97 Å². The highest BCUT2D eigenvalue weighted by Gasteiger charge is 2.14. The lowest BCUT2D eigenvalue weighted by Crippen LogP contribution is -2.03. The average Bonchev–Trinajstić information content (AvgIpc) is 2.57. The molecule has 0 radical (unpaired) electrons. The van der Waals surface area contributed by atoms with Crippen molar-refractivity contribution in [2.45, 2.75) is 13.8 Å². The number of benzene rings is 3. The van der Waals surface area contributed by atoms with Crippen LogP contribution < -0.4 is 5.32 Å². The molecule has 0 aliphatic heterocycles. The first-order valence-electron chi connectivity index (χ1n) is 7.92. The van der Waals surface area contributed by atoms with Gasteiger partial charge < -0.3 is 10.4 Å². The monoisotopic (exact) mass is 335 g/mol. The van der Waals surface area contributed by atoms with Gasteiger partial charge in [-0.3, -0.25) is 0 Å². The Morgan fingerprint density at radius 1 is 0.960 bits per heavy atom. The molecular formula is C21H18FNO2. The molecule has 25 heavy (non-hydrogen) atoms. The van der Waals surface area contributed by atoms with E-state index >= 15 is 0 Å². The van der Waals surface area contributed by atoms with E-state index in [1.807, 2.05) is 44.2 Å². The molecule has 4 heteroatoms. The second kappa shape index (κ2) is 6.77. The van der Waals surface area contributed by atoms with Crippen molar-refractivity contribution in [1.29, 1.82) is 0 Å². The average molecular weight is 335 g/mol. The Hall–Kier alpha value is -3.14. The molecule has 0 aliphatic carbocycles. The van der Waals surface area contributed by atoms with E-state index in [0.29, 0.717) is 11.4 Å². The van der Waals surface area contributed by atoms with Crippen molar-refractivity contribution in [3.05, 3.63) is 83.2 Å². The van der Waals surface area contributed by atoms with Gasteiger partial charge in [-0.05, 0) is 72.5 Å². The van der Waals surface area contributed by atoms with E-state index in [9.17, 15) is 14.3 Å². The summed E-state index contributed by atoms with van der Waals surface area (Å²) in [7, 11) is 0. The predicted molar refractivity (Wildman–Crippen MR) is 98.0 cm³/mol. The van der Waals surface area contributed by atoms with Crippen LogP contribution in [0.3, 0.4) is 0 Å². The first-order valence-corrected chi connectivity index (χ1v) is 7.92. The molecule has 3 rings (SSSR count). The number of carboxylic acids is 1. The summed E-state index contributed by atoms with van der Waals surface area (Å²) < 4.78 is 13.1. The van der Waals surface area contributed by atoms with Crippen molar-refractivity contribution in [1.82, 2.24) is 0 Å². The quantitative estimate of drug-likeness (QED) is 0.657. The molecule has 126 valence electrons. The number of nitrogens with one attached hydrogen (secondary N) is 1. The molecule has 0 saturated carbocycles. The number of halogens is 1. The summed E-state index contributed by atoms with van der Waals surface area (Å²) in [6, 6.07) is 17.1. The molecule has 0 atom stereocenters. The van der Waals surface area contributed by atoms with E-state index in [1.165, 1.54) is 12.1 Å². The second-order valence-electron chi connectivity index (χ2n) is 5.96. The smallest absolute Gasteiger partial charge is 0.337 e. The minimum atomic E-state index is -1.02. The van der Waals surface area contributed by atoms with Gasteiger partial charge in [0.1, 0.15) is 5.82 Å². The Kier molecular flexibility index (Phi) is 4.52. The lowest BCUT2D eigenvalue weighted by molar-refractivity contribution is 0.0698. The van der Waals surface area contributed by atoms with Crippen molar-refractivity contribution in [3.63, 3.8) is 0 Å². The molecule has 0 aliphatic rings. The van der Waals surface area contributed by atoms with Gasteiger partial charge in [-0.2, -0.15) is 0 Å². The topological polar surface area (TPSA) is 49.3 Å². The van der Waals surface area contributed by atoms with Crippen LogP contribution in [-0.2, 0) is 0 Å². The zero-order chi connectivity index (χ0) is 18.0. The molecule has 3 nitrogen and oxygen atoms in total. The van der Waals surface area contributed by atoms with Crippen molar-refractivity contribution in [2.24, 2.45) is 0 Å². The number of hydrogen-bond donors (Lipinski definition) is 2. The minimum Gasteiger partial charge on any atom is -0.478 e. The molecule has 0 heterocycles. The number of aryl methyl sites for hydroxylation is 2. The van der Waals surface area contributed by atoms with Crippen LogP contribution in [0.2, 0.25) is 0 Å². The van der Waals surface area contributed by atoms with Crippen LogP contribution in [0.5, 0.6) is 0 Å². The highest BCUT2D eigenvalue weighted by atomic mass is 19.1. The molecule has 0 amide bonds. The minimum absolute atomic E-state index is 0.166. The highest BCUT2D eigenvalue weighted by molar-refractivity contribution is 5.96. The molecule has 3 aromatic rings. The summed E-state index contributed by atoms with van der Waals surface area (Å²) in [5, 5.41) is 12.5. The molecule has 0 unspecified atom stereocenters. The summed E-state index contributed by atoms with van der Waals surface area (Å²) in [6.07, 6.45) is 0. The largest absolute Gasteiger partial charge is 0.478 e. The van der Waals surface area contributed by atoms with E-state index in [4.69, 9.17) is 0 Å². The van der Waals surface area contributed by atoms with Crippen LogP contribution in [0.15, 0.2) is 60.7 Å². The van der Waals surface area contributed by atoms with Crippen LogP contribution in [0.1, 0.15) is 21.5 Å². The molecule has 3 aromatic carbocycles. The summed E-state index contributed by atoms with van der Waals surface area (Å²) in [5.74, 6) is -1.36. The van der Waals surface area contributed by atoms with Crippen LogP contribution in [0, 0.1) is 19.7 Å². The number of aromatic carboxylic acids is 1. The number of hydrogen-bond acceptors (Lipinski definition) is 2. The Bertz CT molecular complexity index is 913. The summed E-state index contributed by atoms with van der Waals surface area (Å²) in [5.41, 5.74) is 5.53. The van der Waals surface area contributed by atoms with Crippen LogP contribution in [0.4, 0.5) is 15.8 Å². The maximum absolute atomic E-state index is 13.1. The highest BCUT2D eigenvalue weighted by Crippen LogP contribution is 2.32. The maximum atomic E-state index is 13.1. The van der Waals surface area contributed by atoms with Crippen LogP contribution in [0.25, 0.3) is 11.1 Å². The third-order valence-electron chi connectivity index (χ3n) is 4.14. The van der Waals surface area contributed by atoms with Gasteiger partial charge in [0.15, 0.2) is 0 Å². The second-order valence-corrected chi connectivity index (χ2v) is 5.96. The zero-order valence-electron chi connectivity index (χ0n) is 14.0. The van der Waals surface area contributed by atoms with Crippen LogP contribution in [-0.4, -0.2) is 11.1 Å². The van der Waals surface area contributed by atoms with Gasteiger partial charge in [0.2, 0.25) is 0 Å². The first kappa shape index (κ1) is 16.7. The maximum Gasteiger partial charge on any atom is 0.337 e. The normalized spacial score (nSPS) is 10.5. The van der Waals surface area contributed by atoms with E-state index in [2.05, 4.69) is 5.32 Å². The van der Waals surface area contributed by atoms with Gasteiger partial charge in [0.05, 0.1) is 11.3 Å². The van der Waals surface area contributed by atoms with Gasteiger partial charge in [0.25, 0.3) is 0 Å². The van der Waals surface area contributed by atoms with Crippen molar-refractivity contribution >= 4 is 17.3 Å². The van der Waals surface area contributed by atoms with Gasteiger partial charge in [0, 0.05) is 5.69 Å². The molecule has 0 bridgehead atoms. The summed E-state index contributed by atoms with van der Waals surface area (Å²) in [4.78, 5) is 11.5. The SMILES string of the molecule is Cc1cccc(C)c1-c1ccc(C(=O)O)c(Nc2ccc(F)cc2)c1. The van der Waals surface area contributed by atoms with Crippen molar-refractivity contribution in [2.75, 3.05) is 5.32 Å². The predicted octanol–water partition coefficient (Wildman–Crippen LogP) is 5.55. The molecule has 2 N–H and O–H groups in total. The lowest BCUT2D eigenvalue weighted by Gasteiger charge is -2.15. The van der Waals surface area contributed by atoms with Gasteiger partial charge in [-0.15, -0.1) is 0 Å². The third kappa shape index (κ3) is 3.53. The van der Waals surface area contributed by atoms with E-state index in [-0.39, 0.29) is 11.4 Å². The van der Waals surface area contributed by atoms with Crippen LogP contribution >= 0.6 is 0 Å². The molecule has 0 fully saturated rings. The van der Waals surface area contributed by atoms with Gasteiger partial charge in [-0.1, -0.05) is 24.3 Å².